The maximum Gasteiger partial charge on any atom is 0.140 e. The largest absolute Gasteiger partial charge is 0.329 e. The van der Waals surface area contributed by atoms with Gasteiger partial charge in [-0.3, -0.25) is 0 Å². The maximum absolute atomic E-state index is 13.3. The number of hydrogen-bond acceptors (Lipinski definition) is 3. The lowest BCUT2D eigenvalue weighted by Crippen LogP contribution is -2.15. The van der Waals surface area contributed by atoms with Gasteiger partial charge >= 0.3 is 0 Å². The Hall–Kier alpha value is -1.68. The first-order valence-electron chi connectivity index (χ1n) is 6.55. The summed E-state index contributed by atoms with van der Waals surface area (Å²) >= 11 is 6.17. The van der Waals surface area contributed by atoms with E-state index >= 15 is 0 Å². The molecule has 106 valence electrons. The maximum atomic E-state index is 13.3. The van der Waals surface area contributed by atoms with Crippen molar-refractivity contribution in [2.45, 2.75) is 26.7 Å². The van der Waals surface area contributed by atoms with Crippen molar-refractivity contribution in [3.05, 3.63) is 46.6 Å². The van der Waals surface area contributed by atoms with Gasteiger partial charge in [-0.1, -0.05) is 24.6 Å². The molecule has 0 atom stereocenters. The van der Waals surface area contributed by atoms with E-state index in [1.807, 2.05) is 24.9 Å². The molecule has 0 aliphatic rings. The van der Waals surface area contributed by atoms with Crippen molar-refractivity contribution in [3.8, 4) is 0 Å². The SMILES string of the molecule is CCCc1nc(Cl)c(C)c(N(C)c2cccc(F)c2)n1. The fraction of sp³-hybridized carbons (Fsp3) is 0.333. The number of nitrogens with zero attached hydrogens (tertiary/aromatic N) is 3. The van der Waals surface area contributed by atoms with Crippen LogP contribution in [0.4, 0.5) is 15.9 Å². The van der Waals surface area contributed by atoms with Gasteiger partial charge in [-0.15, -0.1) is 0 Å². The van der Waals surface area contributed by atoms with Gasteiger partial charge in [-0.2, -0.15) is 0 Å². The highest BCUT2D eigenvalue weighted by molar-refractivity contribution is 6.30. The van der Waals surface area contributed by atoms with Gasteiger partial charge in [-0.05, 0) is 31.5 Å². The molecule has 0 aliphatic carbocycles. The van der Waals surface area contributed by atoms with Crippen LogP contribution in [0.1, 0.15) is 24.7 Å². The Kier molecular flexibility index (Phi) is 4.55. The standard InChI is InChI=1S/C15H17ClFN3/c1-4-6-13-18-14(16)10(2)15(19-13)20(3)12-8-5-7-11(17)9-12/h5,7-9H,4,6H2,1-3H3. The van der Waals surface area contributed by atoms with Crippen molar-refractivity contribution in [1.29, 1.82) is 0 Å². The van der Waals surface area contributed by atoms with Crippen LogP contribution in [0.15, 0.2) is 24.3 Å². The third kappa shape index (κ3) is 3.07. The average molecular weight is 294 g/mol. The number of benzene rings is 1. The molecule has 1 aromatic carbocycles. The summed E-state index contributed by atoms with van der Waals surface area (Å²) in [5.41, 5.74) is 1.52. The molecule has 0 unspecified atom stereocenters. The number of hydrogen-bond donors (Lipinski definition) is 0. The molecule has 1 aromatic heterocycles. The molecule has 0 bridgehead atoms. The lowest BCUT2D eigenvalue weighted by molar-refractivity contribution is 0.628. The monoisotopic (exact) mass is 293 g/mol. The first kappa shape index (κ1) is 14.7. The molecule has 20 heavy (non-hydrogen) atoms. The smallest absolute Gasteiger partial charge is 0.140 e. The fourth-order valence-electron chi connectivity index (χ4n) is 1.99. The quantitative estimate of drug-likeness (QED) is 0.787. The highest BCUT2D eigenvalue weighted by Gasteiger charge is 2.14. The third-order valence-corrected chi connectivity index (χ3v) is 3.46. The third-order valence-electron chi connectivity index (χ3n) is 3.09. The Morgan fingerprint density at radius 1 is 1.30 bits per heavy atom. The molecule has 0 saturated carbocycles. The van der Waals surface area contributed by atoms with Crippen LogP contribution >= 0.6 is 11.6 Å². The van der Waals surface area contributed by atoms with E-state index in [1.165, 1.54) is 12.1 Å². The fourth-order valence-corrected chi connectivity index (χ4v) is 2.17. The van der Waals surface area contributed by atoms with E-state index in [2.05, 4.69) is 16.9 Å². The number of aryl methyl sites for hydroxylation is 1. The predicted molar refractivity (Wildman–Crippen MR) is 80.2 cm³/mol. The van der Waals surface area contributed by atoms with Crippen LogP contribution in [-0.4, -0.2) is 17.0 Å². The Labute approximate surface area is 123 Å². The van der Waals surface area contributed by atoms with Crippen molar-refractivity contribution >= 4 is 23.1 Å². The van der Waals surface area contributed by atoms with E-state index in [9.17, 15) is 4.39 Å². The Balaban J connectivity index is 2.45. The molecule has 0 aliphatic heterocycles. The van der Waals surface area contributed by atoms with Crippen molar-refractivity contribution < 1.29 is 4.39 Å². The van der Waals surface area contributed by atoms with Gasteiger partial charge in [0, 0.05) is 24.7 Å². The first-order chi connectivity index (χ1) is 9.52. The van der Waals surface area contributed by atoms with Crippen molar-refractivity contribution in [1.82, 2.24) is 9.97 Å². The first-order valence-corrected chi connectivity index (χ1v) is 6.93. The second-order valence-electron chi connectivity index (χ2n) is 4.67. The van der Waals surface area contributed by atoms with Gasteiger partial charge in [0.25, 0.3) is 0 Å². The molecule has 0 spiro atoms. The van der Waals surface area contributed by atoms with Crippen LogP contribution < -0.4 is 4.90 Å². The summed E-state index contributed by atoms with van der Waals surface area (Å²) < 4.78 is 13.3. The lowest BCUT2D eigenvalue weighted by atomic mass is 10.2. The normalized spacial score (nSPS) is 10.7. The van der Waals surface area contributed by atoms with Gasteiger partial charge < -0.3 is 4.90 Å². The van der Waals surface area contributed by atoms with E-state index in [4.69, 9.17) is 11.6 Å². The van der Waals surface area contributed by atoms with E-state index in [0.29, 0.717) is 16.8 Å². The van der Waals surface area contributed by atoms with Gasteiger partial charge in [0.1, 0.15) is 22.6 Å². The molecule has 0 radical (unpaired) electrons. The predicted octanol–water partition coefficient (Wildman–Crippen LogP) is 4.30. The molecule has 2 rings (SSSR count). The molecule has 3 nitrogen and oxygen atoms in total. The number of rotatable bonds is 4. The molecular weight excluding hydrogens is 277 g/mol. The highest BCUT2D eigenvalue weighted by Crippen LogP contribution is 2.28. The Morgan fingerprint density at radius 3 is 2.70 bits per heavy atom. The van der Waals surface area contributed by atoms with Crippen LogP contribution in [0, 0.1) is 12.7 Å². The number of anilines is 2. The van der Waals surface area contributed by atoms with E-state index < -0.39 is 0 Å². The van der Waals surface area contributed by atoms with Gasteiger partial charge in [0.05, 0.1) is 0 Å². The Morgan fingerprint density at radius 2 is 2.05 bits per heavy atom. The molecule has 0 saturated heterocycles. The van der Waals surface area contributed by atoms with Crippen molar-refractivity contribution in [3.63, 3.8) is 0 Å². The van der Waals surface area contributed by atoms with Crippen molar-refractivity contribution in [2.75, 3.05) is 11.9 Å². The van der Waals surface area contributed by atoms with Gasteiger partial charge in [-0.25, -0.2) is 14.4 Å². The summed E-state index contributed by atoms with van der Waals surface area (Å²) in [5, 5.41) is 0.446. The van der Waals surface area contributed by atoms with Crippen LogP contribution in [0.5, 0.6) is 0 Å². The van der Waals surface area contributed by atoms with Crippen LogP contribution in [0.2, 0.25) is 5.15 Å². The van der Waals surface area contributed by atoms with Crippen LogP contribution in [0.3, 0.4) is 0 Å². The minimum Gasteiger partial charge on any atom is -0.329 e. The zero-order valence-electron chi connectivity index (χ0n) is 11.8. The summed E-state index contributed by atoms with van der Waals surface area (Å²) in [4.78, 5) is 10.6. The molecule has 0 fully saturated rings. The summed E-state index contributed by atoms with van der Waals surface area (Å²) in [5.74, 6) is 1.14. The average Bonchev–Trinajstić information content (AvgIpc) is 2.42. The van der Waals surface area contributed by atoms with E-state index in [-0.39, 0.29) is 5.82 Å². The summed E-state index contributed by atoms with van der Waals surface area (Å²) in [6, 6.07) is 6.39. The minimum absolute atomic E-state index is 0.277. The van der Waals surface area contributed by atoms with Gasteiger partial charge in [0.15, 0.2) is 0 Å². The van der Waals surface area contributed by atoms with Crippen LogP contribution in [-0.2, 0) is 6.42 Å². The lowest BCUT2D eigenvalue weighted by Gasteiger charge is -2.21. The molecule has 2 aromatic rings. The van der Waals surface area contributed by atoms with E-state index in [1.54, 1.807) is 6.07 Å². The summed E-state index contributed by atoms with van der Waals surface area (Å²) in [6.45, 7) is 3.93. The molecular formula is C15H17ClFN3. The zero-order chi connectivity index (χ0) is 14.7. The minimum atomic E-state index is -0.277. The topological polar surface area (TPSA) is 29.0 Å². The molecule has 0 N–H and O–H groups in total. The second-order valence-corrected chi connectivity index (χ2v) is 5.03. The molecule has 5 heteroatoms. The number of halogens is 2. The highest BCUT2D eigenvalue weighted by atomic mass is 35.5. The number of aromatic nitrogens is 2. The van der Waals surface area contributed by atoms with Crippen LogP contribution in [0.25, 0.3) is 0 Å². The zero-order valence-corrected chi connectivity index (χ0v) is 12.6. The summed E-state index contributed by atoms with van der Waals surface area (Å²) in [6.07, 6.45) is 1.71. The van der Waals surface area contributed by atoms with Gasteiger partial charge in [0.2, 0.25) is 0 Å². The second kappa shape index (κ2) is 6.18. The van der Waals surface area contributed by atoms with Crippen molar-refractivity contribution in [2.24, 2.45) is 0 Å². The molecule has 0 amide bonds. The summed E-state index contributed by atoms with van der Waals surface area (Å²) in [7, 11) is 1.84. The Bertz CT molecular complexity index is 616. The van der Waals surface area contributed by atoms with E-state index in [0.717, 1.165) is 24.1 Å². The molecule has 1 heterocycles.